The van der Waals surface area contributed by atoms with Gasteiger partial charge in [0.2, 0.25) is 0 Å². The summed E-state index contributed by atoms with van der Waals surface area (Å²) in [6.45, 7) is 23.6. The molecule has 0 aromatic rings. The van der Waals surface area contributed by atoms with Crippen LogP contribution in [0.25, 0.3) is 0 Å². The quantitative estimate of drug-likeness (QED) is 0.391. The molecule has 29 heavy (non-hydrogen) atoms. The zero-order valence-corrected chi connectivity index (χ0v) is 27.8. The van der Waals surface area contributed by atoms with Crippen LogP contribution in [0.15, 0.2) is 41.3 Å². The zero-order chi connectivity index (χ0) is 20.7. The van der Waals surface area contributed by atoms with E-state index in [9.17, 15) is 0 Å². The normalized spacial score (nSPS) is 17.4. The van der Waals surface area contributed by atoms with Gasteiger partial charge in [0.05, 0.1) is 0 Å². The first-order valence-electron chi connectivity index (χ1n) is 10.1. The molecule has 0 aliphatic heterocycles. The van der Waals surface area contributed by atoms with E-state index in [0.717, 1.165) is 0 Å². The van der Waals surface area contributed by atoms with Crippen molar-refractivity contribution in [1.29, 1.82) is 0 Å². The second kappa shape index (κ2) is 10.9. The molecule has 0 radical (unpaired) electrons. The maximum absolute atomic E-state index is 6.72. The molecule has 0 heterocycles. The molecule has 2 aliphatic rings. The summed E-state index contributed by atoms with van der Waals surface area (Å²) in [6, 6.07) is 0. The Hall–Kier alpha value is 1.21. The first-order chi connectivity index (χ1) is 12.1. The van der Waals surface area contributed by atoms with Gasteiger partial charge in [-0.25, -0.2) is 0 Å². The summed E-state index contributed by atoms with van der Waals surface area (Å²) >= 11 is -0.763. The number of halogens is 2. The maximum atomic E-state index is 6.72. The van der Waals surface area contributed by atoms with Crippen LogP contribution in [0.5, 0.6) is 0 Å². The van der Waals surface area contributed by atoms with E-state index < -0.39 is 56.5 Å². The third kappa shape index (κ3) is 8.93. The predicted molar refractivity (Wildman–Crippen MR) is 125 cm³/mol. The molecule has 0 saturated carbocycles. The van der Waals surface area contributed by atoms with Crippen LogP contribution in [0.3, 0.4) is 0 Å². The number of hydrogen-bond donors (Lipinski definition) is 0. The van der Waals surface area contributed by atoms with Crippen LogP contribution < -0.4 is 24.8 Å². The van der Waals surface area contributed by atoms with Crippen LogP contribution in [0.2, 0.25) is 65.5 Å². The fourth-order valence-corrected chi connectivity index (χ4v) is 28.2. The van der Waals surface area contributed by atoms with Crippen LogP contribution in [-0.2, 0) is 31.5 Å². The fraction of sp³-hybridized carbons (Fsp3) is 0.600. The average Bonchev–Trinajstić information content (AvgIpc) is 3.02. The number of allylic oxidation sites excluding steroid dienone is 8. The second-order valence-electron chi connectivity index (χ2n) is 10.6. The molecule has 0 saturated heterocycles. The molecular weight excluding hydrogens is 547 g/mol. The Labute approximate surface area is 207 Å². The average molecular weight is 585 g/mol. The third-order valence-corrected chi connectivity index (χ3v) is 22.1. The zero-order valence-electron chi connectivity index (χ0n) is 19.8. The second-order valence-corrected chi connectivity index (χ2v) is 31.4. The molecule has 0 aromatic carbocycles. The van der Waals surface area contributed by atoms with Crippen molar-refractivity contribution in [3.05, 3.63) is 41.3 Å². The van der Waals surface area contributed by atoms with Crippen molar-refractivity contribution in [2.75, 3.05) is 0 Å². The minimum Gasteiger partial charge on any atom is -1.00 e. The first kappa shape index (κ1) is 30.2. The Kier molecular flexibility index (Phi) is 11.3. The molecule has 0 spiro atoms. The molecule has 164 valence electrons. The molecule has 0 atom stereocenters. The van der Waals surface area contributed by atoms with Gasteiger partial charge in [-0.3, -0.25) is 0 Å². The fourth-order valence-electron chi connectivity index (χ4n) is 4.20. The maximum Gasteiger partial charge on any atom is -1.00 e. The van der Waals surface area contributed by atoms with E-state index in [1.165, 1.54) is 12.8 Å². The predicted octanol–water partition coefficient (Wildman–Crippen LogP) is 0.697. The Morgan fingerprint density at radius 1 is 0.621 bits per heavy atom. The van der Waals surface area contributed by atoms with Crippen LogP contribution in [0.4, 0.5) is 0 Å². The first-order valence-corrected chi connectivity index (χ1v) is 25.2. The Morgan fingerprint density at radius 2 is 0.931 bits per heavy atom. The molecule has 2 aliphatic carbocycles. The summed E-state index contributed by atoms with van der Waals surface area (Å²) in [6.07, 6.45) is 11.9. The van der Waals surface area contributed by atoms with Gasteiger partial charge in [-0.15, -0.1) is 0 Å². The minimum absolute atomic E-state index is 0. The summed E-state index contributed by atoms with van der Waals surface area (Å²) in [7, 11) is -6.66. The van der Waals surface area contributed by atoms with E-state index in [1.807, 2.05) is 0 Å². The van der Waals surface area contributed by atoms with Crippen molar-refractivity contribution in [2.24, 2.45) is 0 Å². The summed E-state index contributed by atoms with van der Waals surface area (Å²) in [5.74, 6) is 0. The van der Waals surface area contributed by atoms with Gasteiger partial charge in [0.1, 0.15) is 0 Å². The van der Waals surface area contributed by atoms with E-state index in [0.29, 0.717) is 0 Å². The largest absolute Gasteiger partial charge is 1.00 e. The minimum atomic E-state index is -1.81. The van der Waals surface area contributed by atoms with Crippen molar-refractivity contribution >= 4 is 33.3 Å². The van der Waals surface area contributed by atoms with Crippen molar-refractivity contribution in [1.82, 2.24) is 0 Å². The van der Waals surface area contributed by atoms with Gasteiger partial charge in [-0.2, -0.15) is 0 Å². The smallest absolute Gasteiger partial charge is 1.00 e. The molecule has 9 heteroatoms. The van der Waals surface area contributed by atoms with E-state index in [2.05, 4.69) is 89.8 Å². The van der Waals surface area contributed by atoms with Gasteiger partial charge in [0.15, 0.2) is 0 Å². The SMILES string of the molecule is C[Si](C)(C)O[Si](C)(C)C1=[C]([Zr+2][C]2=C([Si](C)(C)O[Si](C)(C)C)C=CC2)CC=C1.[Cl-].[Cl-]. The number of rotatable bonds is 8. The van der Waals surface area contributed by atoms with Gasteiger partial charge in [-0.05, 0) is 0 Å². The van der Waals surface area contributed by atoms with Gasteiger partial charge < -0.3 is 24.8 Å². The van der Waals surface area contributed by atoms with Gasteiger partial charge >= 0.3 is 184 Å². The number of hydrogen-bond acceptors (Lipinski definition) is 2. The monoisotopic (exact) mass is 582 g/mol. The summed E-state index contributed by atoms with van der Waals surface area (Å²) in [5.41, 5.74) is 0. The van der Waals surface area contributed by atoms with Crippen molar-refractivity contribution < 1.29 is 56.3 Å². The van der Waals surface area contributed by atoms with Gasteiger partial charge in [-0.1, -0.05) is 0 Å². The Morgan fingerprint density at radius 3 is 1.21 bits per heavy atom. The van der Waals surface area contributed by atoms with Crippen LogP contribution in [-0.4, -0.2) is 33.3 Å². The molecule has 0 aromatic heterocycles. The van der Waals surface area contributed by atoms with Crippen LogP contribution in [0.1, 0.15) is 12.8 Å². The summed E-state index contributed by atoms with van der Waals surface area (Å²) in [5, 5.41) is 3.22. The van der Waals surface area contributed by atoms with Crippen LogP contribution in [0, 0.1) is 0 Å². The standard InChI is InChI=1S/2C10H19OSi2.2ClH.Zr/c2*1-12(2,3)11-13(4,5)10-8-6-7-9-10;;;/h2*6,8H,7H2,1-5H3;2*1H;/q;;;;+2/p-2. The summed E-state index contributed by atoms with van der Waals surface area (Å²) in [4.78, 5) is 0. The molecule has 2 rings (SSSR count). The van der Waals surface area contributed by atoms with E-state index in [-0.39, 0.29) is 24.8 Å². The van der Waals surface area contributed by atoms with Crippen molar-refractivity contribution in [2.45, 2.75) is 78.3 Å². The van der Waals surface area contributed by atoms with Crippen LogP contribution >= 0.6 is 0 Å². The molecule has 0 N–H and O–H groups in total. The molecular formula is C20H38Cl2O2Si4Zr. The molecule has 0 amide bonds. The topological polar surface area (TPSA) is 18.5 Å². The molecule has 0 unspecified atom stereocenters. The van der Waals surface area contributed by atoms with E-state index in [1.54, 1.807) is 17.0 Å². The Balaban J connectivity index is 0.00000392. The Bertz CT molecular complexity index is 655. The van der Waals surface area contributed by atoms with Crippen molar-refractivity contribution in [3.8, 4) is 0 Å². The molecule has 2 nitrogen and oxygen atoms in total. The molecule has 0 bridgehead atoms. The third-order valence-electron chi connectivity index (χ3n) is 4.58. The van der Waals surface area contributed by atoms with E-state index >= 15 is 0 Å². The summed E-state index contributed by atoms with van der Waals surface area (Å²) < 4.78 is 17.0. The van der Waals surface area contributed by atoms with E-state index in [4.69, 9.17) is 8.23 Å². The van der Waals surface area contributed by atoms with Crippen molar-refractivity contribution in [3.63, 3.8) is 0 Å². The van der Waals surface area contributed by atoms with Gasteiger partial charge in [0, 0.05) is 0 Å². The molecule has 0 fully saturated rings. The van der Waals surface area contributed by atoms with Gasteiger partial charge in [0.25, 0.3) is 0 Å².